The number of hydrogen-bond donors (Lipinski definition) is 2. The molecule has 1 aliphatic rings. The van der Waals surface area contributed by atoms with Crippen LogP contribution in [0.2, 0.25) is 0 Å². The molecule has 2 aromatic rings. The molecule has 1 fully saturated rings. The Bertz CT molecular complexity index is 778. The van der Waals surface area contributed by atoms with Gasteiger partial charge in [0.05, 0.1) is 0 Å². The molecule has 1 saturated heterocycles. The molecule has 1 aromatic heterocycles. The summed E-state index contributed by atoms with van der Waals surface area (Å²) in [6, 6.07) is 5.80. The Hall–Kier alpha value is -2.30. The summed E-state index contributed by atoms with van der Waals surface area (Å²) in [6.07, 6.45) is 1.21. The average Bonchev–Trinajstić information content (AvgIpc) is 3.07. The van der Waals surface area contributed by atoms with E-state index >= 15 is 0 Å². The second kappa shape index (κ2) is 4.87. The third kappa shape index (κ3) is 2.00. The van der Waals surface area contributed by atoms with Crippen molar-refractivity contribution in [2.45, 2.75) is 39.2 Å². The minimum Gasteiger partial charge on any atom is -0.480 e. The topological polar surface area (TPSA) is 73.4 Å². The summed E-state index contributed by atoms with van der Waals surface area (Å²) in [7, 11) is 0. The number of aromatic amines is 1. The van der Waals surface area contributed by atoms with Gasteiger partial charge in [-0.25, -0.2) is 4.79 Å². The van der Waals surface area contributed by atoms with Crippen LogP contribution in [0.4, 0.5) is 0 Å². The van der Waals surface area contributed by atoms with Crippen LogP contribution >= 0.6 is 0 Å². The summed E-state index contributed by atoms with van der Waals surface area (Å²) in [4.78, 5) is 28.9. The van der Waals surface area contributed by atoms with E-state index in [4.69, 9.17) is 0 Å². The summed E-state index contributed by atoms with van der Waals surface area (Å²) in [5.41, 5.74) is 2.55. The van der Waals surface area contributed by atoms with E-state index in [1.54, 1.807) is 6.92 Å². The van der Waals surface area contributed by atoms with Crippen LogP contribution < -0.4 is 0 Å². The normalized spacial score (nSPS) is 21.5. The van der Waals surface area contributed by atoms with Crippen LogP contribution in [0, 0.1) is 13.8 Å². The highest BCUT2D eigenvalue weighted by molar-refractivity contribution is 6.01. The third-order valence-electron chi connectivity index (χ3n) is 4.92. The Kier molecular flexibility index (Phi) is 3.24. The number of carbonyl (C=O) groups excluding carboxylic acids is 1. The van der Waals surface area contributed by atoms with Gasteiger partial charge in [-0.15, -0.1) is 0 Å². The molecule has 1 atom stereocenters. The molecule has 3 rings (SSSR count). The highest BCUT2D eigenvalue weighted by atomic mass is 16.4. The van der Waals surface area contributed by atoms with Crippen molar-refractivity contribution < 1.29 is 14.7 Å². The van der Waals surface area contributed by atoms with Crippen LogP contribution in [0.25, 0.3) is 10.9 Å². The van der Waals surface area contributed by atoms with Crippen molar-refractivity contribution in [1.29, 1.82) is 0 Å². The number of fused-ring (bicyclic) bond motifs is 1. The van der Waals surface area contributed by atoms with Crippen LogP contribution in [0.1, 0.15) is 41.4 Å². The summed E-state index contributed by atoms with van der Waals surface area (Å²) in [6.45, 7) is 6.16. The second-order valence-electron chi connectivity index (χ2n) is 6.29. The first-order valence-electron chi connectivity index (χ1n) is 7.49. The molecular formula is C17H20N2O3. The highest BCUT2D eigenvalue weighted by Crippen LogP contribution is 2.31. The number of likely N-dealkylation sites (tertiary alicyclic amines) is 1. The zero-order valence-electron chi connectivity index (χ0n) is 13.1. The van der Waals surface area contributed by atoms with E-state index in [2.05, 4.69) is 4.98 Å². The van der Waals surface area contributed by atoms with E-state index in [0.717, 1.165) is 16.5 Å². The number of H-pyrrole nitrogens is 1. The van der Waals surface area contributed by atoms with Crippen molar-refractivity contribution in [2.75, 3.05) is 6.54 Å². The van der Waals surface area contributed by atoms with Crippen LogP contribution in [-0.2, 0) is 4.79 Å². The van der Waals surface area contributed by atoms with Crippen LogP contribution in [0.15, 0.2) is 18.2 Å². The van der Waals surface area contributed by atoms with Gasteiger partial charge in [0.15, 0.2) is 0 Å². The zero-order valence-corrected chi connectivity index (χ0v) is 13.1. The Labute approximate surface area is 128 Å². The number of benzene rings is 1. The fraction of sp³-hybridized carbons (Fsp3) is 0.412. The van der Waals surface area contributed by atoms with Crippen LogP contribution in [-0.4, -0.2) is 39.0 Å². The van der Waals surface area contributed by atoms with Gasteiger partial charge < -0.3 is 15.0 Å². The van der Waals surface area contributed by atoms with Gasteiger partial charge in [-0.1, -0.05) is 6.07 Å². The van der Waals surface area contributed by atoms with E-state index < -0.39 is 11.5 Å². The number of nitrogens with one attached hydrogen (secondary N) is 1. The van der Waals surface area contributed by atoms with Crippen molar-refractivity contribution in [3.8, 4) is 0 Å². The largest absolute Gasteiger partial charge is 0.480 e. The van der Waals surface area contributed by atoms with Gasteiger partial charge in [0.2, 0.25) is 0 Å². The van der Waals surface area contributed by atoms with Crippen molar-refractivity contribution in [3.63, 3.8) is 0 Å². The number of nitrogens with zero attached hydrogens (tertiary/aromatic N) is 1. The van der Waals surface area contributed by atoms with E-state index in [1.807, 2.05) is 32.0 Å². The molecule has 1 aliphatic heterocycles. The first kappa shape index (κ1) is 14.6. The number of amides is 1. The molecule has 5 nitrogen and oxygen atoms in total. The van der Waals surface area contributed by atoms with E-state index in [0.29, 0.717) is 25.1 Å². The molecule has 116 valence electrons. The molecule has 2 heterocycles. The molecule has 1 aromatic carbocycles. The number of carboxylic acids is 1. The zero-order chi connectivity index (χ0) is 16.1. The number of carbonyl (C=O) groups is 2. The smallest absolute Gasteiger partial charge is 0.329 e. The Morgan fingerprint density at radius 2 is 2.05 bits per heavy atom. The van der Waals surface area contributed by atoms with E-state index in [-0.39, 0.29) is 5.91 Å². The molecule has 5 heteroatoms. The van der Waals surface area contributed by atoms with Crippen LogP contribution in [0.5, 0.6) is 0 Å². The molecule has 0 spiro atoms. The van der Waals surface area contributed by atoms with Crippen molar-refractivity contribution in [2.24, 2.45) is 0 Å². The molecule has 22 heavy (non-hydrogen) atoms. The number of aryl methyl sites for hydroxylation is 2. The maximum Gasteiger partial charge on any atom is 0.329 e. The second-order valence-corrected chi connectivity index (χ2v) is 6.29. The molecule has 0 radical (unpaired) electrons. The standard InChI is InChI=1S/C17H20N2O3/c1-10-5-6-13-12(11(10)2)9-14(18-13)15(20)19-8-4-7-17(19,3)16(21)22/h5-6,9,18H,4,7-8H2,1-3H3,(H,21,22). The fourth-order valence-electron chi connectivity index (χ4n) is 3.23. The third-order valence-corrected chi connectivity index (χ3v) is 4.92. The predicted molar refractivity (Wildman–Crippen MR) is 84.1 cm³/mol. The van der Waals surface area contributed by atoms with Gasteiger partial charge in [-0.05, 0) is 56.9 Å². The lowest BCUT2D eigenvalue weighted by Gasteiger charge is -2.30. The van der Waals surface area contributed by atoms with E-state index in [9.17, 15) is 14.7 Å². The van der Waals surface area contributed by atoms with Gasteiger partial charge in [0.25, 0.3) is 5.91 Å². The predicted octanol–water partition coefficient (Wildman–Crippen LogP) is 2.86. The Morgan fingerprint density at radius 1 is 1.32 bits per heavy atom. The van der Waals surface area contributed by atoms with Crippen LogP contribution in [0.3, 0.4) is 0 Å². The molecule has 1 unspecified atom stereocenters. The Balaban J connectivity index is 2.02. The fourth-order valence-corrected chi connectivity index (χ4v) is 3.23. The van der Waals surface area contributed by atoms with Gasteiger partial charge in [-0.2, -0.15) is 0 Å². The monoisotopic (exact) mass is 300 g/mol. The molecule has 0 saturated carbocycles. The van der Waals surface area contributed by atoms with Gasteiger partial charge >= 0.3 is 5.97 Å². The van der Waals surface area contributed by atoms with E-state index in [1.165, 1.54) is 10.5 Å². The molecule has 0 aliphatic carbocycles. The van der Waals surface area contributed by atoms with Gasteiger partial charge in [0, 0.05) is 17.4 Å². The number of rotatable bonds is 2. The maximum atomic E-state index is 12.8. The Morgan fingerprint density at radius 3 is 2.73 bits per heavy atom. The molecule has 2 N–H and O–H groups in total. The summed E-state index contributed by atoms with van der Waals surface area (Å²) in [5.74, 6) is -1.18. The molecular weight excluding hydrogens is 280 g/mol. The number of carboxylic acid groups (broad SMARTS) is 1. The number of aliphatic carboxylic acids is 1. The molecule has 1 amide bonds. The molecule has 0 bridgehead atoms. The first-order valence-corrected chi connectivity index (χ1v) is 7.49. The highest BCUT2D eigenvalue weighted by Gasteiger charge is 2.46. The summed E-state index contributed by atoms with van der Waals surface area (Å²) < 4.78 is 0. The first-order chi connectivity index (χ1) is 10.3. The lowest BCUT2D eigenvalue weighted by Crippen LogP contribution is -2.50. The van der Waals surface area contributed by atoms with Gasteiger partial charge in [0.1, 0.15) is 11.2 Å². The SMILES string of the molecule is Cc1ccc2[nH]c(C(=O)N3CCCC3(C)C(=O)O)cc2c1C. The minimum atomic E-state index is -1.11. The lowest BCUT2D eigenvalue weighted by molar-refractivity contribution is -0.147. The quantitative estimate of drug-likeness (QED) is 0.895. The number of hydrogen-bond acceptors (Lipinski definition) is 2. The van der Waals surface area contributed by atoms with Gasteiger partial charge in [-0.3, -0.25) is 4.79 Å². The maximum absolute atomic E-state index is 12.8. The summed E-state index contributed by atoms with van der Waals surface area (Å²) >= 11 is 0. The number of aromatic nitrogens is 1. The average molecular weight is 300 g/mol. The van der Waals surface area contributed by atoms with Crippen molar-refractivity contribution in [1.82, 2.24) is 9.88 Å². The van der Waals surface area contributed by atoms with Crippen molar-refractivity contribution >= 4 is 22.8 Å². The van der Waals surface area contributed by atoms with Crippen molar-refractivity contribution in [3.05, 3.63) is 35.0 Å². The minimum absolute atomic E-state index is 0.240. The summed E-state index contributed by atoms with van der Waals surface area (Å²) in [5, 5.41) is 10.5. The lowest BCUT2D eigenvalue weighted by atomic mass is 9.99.